The number of ether oxygens (including phenoxy) is 2. The summed E-state index contributed by atoms with van der Waals surface area (Å²) in [5.74, 6) is 1.89. The minimum atomic E-state index is 0.225. The molecule has 2 aromatic carbocycles. The largest absolute Gasteiger partial charge is 0.497 e. The Morgan fingerprint density at radius 2 is 1.79 bits per heavy atom. The molecule has 0 aliphatic carbocycles. The van der Waals surface area contributed by atoms with Crippen LogP contribution in [0.15, 0.2) is 46.9 Å². The van der Waals surface area contributed by atoms with Crippen molar-refractivity contribution < 1.29 is 14.3 Å². The molecule has 150 valence electrons. The van der Waals surface area contributed by atoms with Crippen molar-refractivity contribution >= 4 is 27.5 Å². The summed E-state index contributed by atoms with van der Waals surface area (Å²) in [6.45, 7) is 3.39. The van der Waals surface area contributed by atoms with E-state index in [9.17, 15) is 4.79 Å². The van der Waals surface area contributed by atoms with E-state index < -0.39 is 0 Å². The van der Waals surface area contributed by atoms with Gasteiger partial charge in [0.05, 0.1) is 18.7 Å². The fourth-order valence-electron chi connectivity index (χ4n) is 3.49. The zero-order valence-electron chi connectivity index (χ0n) is 16.5. The molecule has 0 aromatic heterocycles. The molecule has 28 heavy (non-hydrogen) atoms. The van der Waals surface area contributed by atoms with E-state index in [1.807, 2.05) is 35.2 Å². The van der Waals surface area contributed by atoms with Gasteiger partial charge < -0.3 is 19.3 Å². The smallest absolute Gasteiger partial charge is 0.222 e. The number of amides is 1. The molecule has 1 aliphatic heterocycles. The van der Waals surface area contributed by atoms with Crippen LogP contribution >= 0.6 is 15.9 Å². The van der Waals surface area contributed by atoms with Crippen LogP contribution in [-0.4, -0.2) is 51.2 Å². The fraction of sp³-hybridized carbons (Fsp3) is 0.409. The van der Waals surface area contributed by atoms with Crippen molar-refractivity contribution in [3.05, 3.63) is 52.5 Å². The van der Waals surface area contributed by atoms with Gasteiger partial charge in [-0.05, 0) is 70.7 Å². The van der Waals surface area contributed by atoms with Crippen LogP contribution < -0.4 is 14.4 Å². The first kappa shape index (κ1) is 20.5. The summed E-state index contributed by atoms with van der Waals surface area (Å²) in [5.41, 5.74) is 2.31. The molecule has 0 bridgehead atoms. The van der Waals surface area contributed by atoms with E-state index in [0.29, 0.717) is 6.42 Å². The molecule has 0 atom stereocenters. The zero-order chi connectivity index (χ0) is 19.9. The van der Waals surface area contributed by atoms with Crippen molar-refractivity contribution in [2.24, 2.45) is 0 Å². The first-order valence-electron chi connectivity index (χ1n) is 9.60. The number of hydrogen-bond acceptors (Lipinski definition) is 4. The number of carbonyl (C=O) groups excluding carboxylic acids is 1. The van der Waals surface area contributed by atoms with Crippen LogP contribution in [0.25, 0.3) is 0 Å². The second kappa shape index (κ2) is 9.82. The number of hydrogen-bond donors (Lipinski definition) is 0. The quantitative estimate of drug-likeness (QED) is 0.668. The average Bonchev–Trinajstić information content (AvgIpc) is 2.98. The number of nitrogens with zero attached hydrogens (tertiary/aromatic N) is 2. The van der Waals surface area contributed by atoms with Crippen molar-refractivity contribution in [1.29, 1.82) is 0 Å². The van der Waals surface area contributed by atoms with Gasteiger partial charge in [0.1, 0.15) is 11.5 Å². The Morgan fingerprint density at radius 1 is 1.00 bits per heavy atom. The maximum absolute atomic E-state index is 12.7. The lowest BCUT2D eigenvalue weighted by Gasteiger charge is -2.24. The van der Waals surface area contributed by atoms with E-state index in [0.717, 1.165) is 60.6 Å². The number of benzene rings is 2. The molecule has 0 spiro atoms. The summed E-state index contributed by atoms with van der Waals surface area (Å²) in [7, 11) is 3.33. The molecule has 0 unspecified atom stereocenters. The van der Waals surface area contributed by atoms with Crippen LogP contribution in [0.4, 0.5) is 5.69 Å². The summed E-state index contributed by atoms with van der Waals surface area (Å²) in [4.78, 5) is 17.1. The zero-order valence-corrected chi connectivity index (χ0v) is 18.1. The van der Waals surface area contributed by atoms with E-state index in [-0.39, 0.29) is 5.91 Å². The second-order valence-electron chi connectivity index (χ2n) is 6.89. The van der Waals surface area contributed by atoms with E-state index in [2.05, 4.69) is 33.0 Å². The van der Waals surface area contributed by atoms with Crippen LogP contribution in [0.5, 0.6) is 11.5 Å². The van der Waals surface area contributed by atoms with Gasteiger partial charge in [0.25, 0.3) is 0 Å². The van der Waals surface area contributed by atoms with Gasteiger partial charge in [0, 0.05) is 38.3 Å². The minimum Gasteiger partial charge on any atom is -0.497 e. The highest BCUT2D eigenvalue weighted by molar-refractivity contribution is 9.10. The molecule has 1 fully saturated rings. The Bertz CT molecular complexity index is 795. The highest BCUT2D eigenvalue weighted by Gasteiger charge is 2.19. The predicted molar refractivity (Wildman–Crippen MR) is 115 cm³/mol. The molecular formula is C22H27BrN2O3. The van der Waals surface area contributed by atoms with Gasteiger partial charge >= 0.3 is 0 Å². The average molecular weight is 447 g/mol. The molecule has 6 heteroatoms. The maximum Gasteiger partial charge on any atom is 0.222 e. The third-order valence-electron chi connectivity index (χ3n) is 5.13. The third kappa shape index (κ3) is 5.19. The number of methoxy groups -OCH3 is 2. The summed E-state index contributed by atoms with van der Waals surface area (Å²) >= 11 is 3.51. The van der Waals surface area contributed by atoms with Gasteiger partial charge in [0.15, 0.2) is 0 Å². The van der Waals surface area contributed by atoms with Gasteiger partial charge in [-0.15, -0.1) is 0 Å². The molecule has 3 rings (SSSR count). The molecule has 1 saturated heterocycles. The van der Waals surface area contributed by atoms with Crippen molar-refractivity contribution in [2.75, 3.05) is 45.3 Å². The molecule has 0 N–H and O–H groups in total. The highest BCUT2D eigenvalue weighted by atomic mass is 79.9. The standard InChI is InChI=1S/C22H27BrN2O3/c1-27-19-8-6-18(7-9-19)24-12-3-13-25(15-14-24)22(26)11-5-17-4-10-21(28-2)20(23)16-17/h4,6-10,16H,3,5,11-15H2,1-2H3. The van der Waals surface area contributed by atoms with Gasteiger partial charge in [-0.3, -0.25) is 4.79 Å². The number of carbonyl (C=O) groups is 1. The predicted octanol–water partition coefficient (Wildman–Crippen LogP) is 4.14. The van der Waals surface area contributed by atoms with Gasteiger partial charge in [-0.2, -0.15) is 0 Å². The van der Waals surface area contributed by atoms with Crippen LogP contribution in [0.3, 0.4) is 0 Å². The molecule has 0 saturated carbocycles. The molecule has 0 radical (unpaired) electrons. The summed E-state index contributed by atoms with van der Waals surface area (Å²) in [5, 5.41) is 0. The summed E-state index contributed by atoms with van der Waals surface area (Å²) < 4.78 is 11.4. The summed E-state index contributed by atoms with van der Waals surface area (Å²) in [6.07, 6.45) is 2.24. The fourth-order valence-corrected chi connectivity index (χ4v) is 4.08. The van der Waals surface area contributed by atoms with Crippen molar-refractivity contribution in [3.8, 4) is 11.5 Å². The Kier molecular flexibility index (Phi) is 7.20. The number of halogens is 1. The lowest BCUT2D eigenvalue weighted by molar-refractivity contribution is -0.130. The molecule has 5 nitrogen and oxygen atoms in total. The van der Waals surface area contributed by atoms with Crippen LogP contribution in [-0.2, 0) is 11.2 Å². The van der Waals surface area contributed by atoms with E-state index in [1.54, 1.807) is 14.2 Å². The Labute approximate surface area is 175 Å². The number of aryl methyl sites for hydroxylation is 1. The van der Waals surface area contributed by atoms with Gasteiger partial charge in [-0.1, -0.05) is 6.07 Å². The third-order valence-corrected chi connectivity index (χ3v) is 5.75. The van der Waals surface area contributed by atoms with Crippen molar-refractivity contribution in [3.63, 3.8) is 0 Å². The second-order valence-corrected chi connectivity index (χ2v) is 7.74. The SMILES string of the molecule is COc1ccc(N2CCCN(C(=O)CCc3ccc(OC)c(Br)c3)CC2)cc1. The van der Waals surface area contributed by atoms with E-state index in [4.69, 9.17) is 9.47 Å². The van der Waals surface area contributed by atoms with Crippen LogP contribution in [0, 0.1) is 0 Å². The molecule has 1 aliphatic rings. The summed E-state index contributed by atoms with van der Waals surface area (Å²) in [6, 6.07) is 14.1. The van der Waals surface area contributed by atoms with Crippen LogP contribution in [0.2, 0.25) is 0 Å². The normalized spacial score (nSPS) is 14.5. The Balaban J connectivity index is 1.53. The Hall–Kier alpha value is -2.21. The topological polar surface area (TPSA) is 42.0 Å². The molecule has 2 aromatic rings. The maximum atomic E-state index is 12.7. The molecule has 1 heterocycles. The lowest BCUT2D eigenvalue weighted by atomic mass is 10.1. The van der Waals surface area contributed by atoms with Crippen molar-refractivity contribution in [1.82, 2.24) is 4.90 Å². The first-order valence-corrected chi connectivity index (χ1v) is 10.4. The Morgan fingerprint density at radius 3 is 2.46 bits per heavy atom. The highest BCUT2D eigenvalue weighted by Crippen LogP contribution is 2.26. The van der Waals surface area contributed by atoms with Crippen LogP contribution in [0.1, 0.15) is 18.4 Å². The van der Waals surface area contributed by atoms with Gasteiger partial charge in [0.2, 0.25) is 5.91 Å². The first-order chi connectivity index (χ1) is 13.6. The monoisotopic (exact) mass is 446 g/mol. The van der Waals surface area contributed by atoms with E-state index in [1.165, 1.54) is 5.69 Å². The number of anilines is 1. The van der Waals surface area contributed by atoms with Crippen molar-refractivity contribution in [2.45, 2.75) is 19.3 Å². The molecule has 1 amide bonds. The molecular weight excluding hydrogens is 420 g/mol. The van der Waals surface area contributed by atoms with Gasteiger partial charge in [-0.25, -0.2) is 0 Å². The minimum absolute atomic E-state index is 0.225. The van der Waals surface area contributed by atoms with E-state index >= 15 is 0 Å². The number of rotatable bonds is 6. The lowest BCUT2D eigenvalue weighted by Crippen LogP contribution is -2.35.